The summed E-state index contributed by atoms with van der Waals surface area (Å²) < 4.78 is 6.60. The minimum Gasteiger partial charge on any atom is -0.507 e. The Morgan fingerprint density at radius 1 is 1.05 bits per heavy atom. The smallest absolute Gasteiger partial charge is 0.301 e. The number of hydrogen-bond donors (Lipinski definition) is 1. The molecule has 1 amide bonds. The van der Waals surface area contributed by atoms with E-state index in [2.05, 4.69) is 17.1 Å². The van der Waals surface area contributed by atoms with Gasteiger partial charge in [0.2, 0.25) is 5.13 Å². The first-order valence-electron chi connectivity index (χ1n) is 13.7. The van der Waals surface area contributed by atoms with Crippen LogP contribution in [0.4, 0.5) is 5.13 Å². The number of hydrogen-bond acceptors (Lipinski definition) is 8. The van der Waals surface area contributed by atoms with E-state index in [0.717, 1.165) is 30.4 Å². The molecule has 1 N–H and O–H groups in total. The van der Waals surface area contributed by atoms with Crippen molar-refractivity contribution in [1.82, 2.24) is 10.2 Å². The van der Waals surface area contributed by atoms with Crippen LogP contribution in [0.5, 0.6) is 5.75 Å². The lowest BCUT2D eigenvalue weighted by atomic mass is 9.95. The third-order valence-electron chi connectivity index (χ3n) is 6.87. The van der Waals surface area contributed by atoms with Crippen LogP contribution in [0.1, 0.15) is 54.5 Å². The molecule has 2 heterocycles. The van der Waals surface area contributed by atoms with Crippen molar-refractivity contribution < 1.29 is 19.4 Å². The van der Waals surface area contributed by atoms with Crippen molar-refractivity contribution >= 4 is 57.3 Å². The van der Waals surface area contributed by atoms with Gasteiger partial charge in [-0.15, -0.1) is 10.2 Å². The monoisotopic (exact) mass is 619 g/mol. The molecule has 1 aromatic heterocycles. The fourth-order valence-electron chi connectivity index (χ4n) is 4.64. The van der Waals surface area contributed by atoms with E-state index in [9.17, 15) is 14.7 Å². The lowest BCUT2D eigenvalue weighted by Crippen LogP contribution is -2.29. The van der Waals surface area contributed by atoms with Crippen molar-refractivity contribution in [1.29, 1.82) is 0 Å². The number of nitrogens with zero attached hydrogens (tertiary/aromatic N) is 3. The number of aromatic nitrogens is 2. The molecular weight excluding hydrogens is 590 g/mol. The second-order valence-corrected chi connectivity index (χ2v) is 12.5. The standard InChI is InChI=1S/C32H30ClN3O4S2/c1-3-4-7-17-40-24-11-8-10-22(18-24)27-26(28(37)21-15-13-20(2)14-16-21)29(38)30(39)36(27)31-34-35-32(42-31)41-19-23-9-5-6-12-25(23)33/h5-6,8-16,18,27,37H,3-4,7,17,19H2,1-2H3. The molecule has 0 saturated carbocycles. The third-order valence-corrected chi connectivity index (χ3v) is 9.34. The van der Waals surface area contributed by atoms with Gasteiger partial charge in [-0.05, 0) is 42.7 Å². The Balaban J connectivity index is 1.52. The molecule has 0 radical (unpaired) electrons. The second kappa shape index (κ2) is 13.5. The summed E-state index contributed by atoms with van der Waals surface area (Å²) in [5, 5.41) is 20.9. The Bertz CT molecular complexity index is 1620. The number of anilines is 1. The van der Waals surface area contributed by atoms with E-state index in [1.165, 1.54) is 28.0 Å². The van der Waals surface area contributed by atoms with Gasteiger partial charge in [0.05, 0.1) is 18.2 Å². The van der Waals surface area contributed by atoms with Crippen molar-refractivity contribution in [2.75, 3.05) is 11.5 Å². The lowest BCUT2D eigenvalue weighted by Gasteiger charge is -2.23. The van der Waals surface area contributed by atoms with E-state index in [1.54, 1.807) is 12.1 Å². The summed E-state index contributed by atoms with van der Waals surface area (Å²) in [5.41, 5.74) is 3.02. The Morgan fingerprint density at radius 3 is 2.60 bits per heavy atom. The topological polar surface area (TPSA) is 92.6 Å². The maximum atomic E-state index is 13.6. The largest absolute Gasteiger partial charge is 0.507 e. The van der Waals surface area contributed by atoms with E-state index < -0.39 is 17.7 Å². The highest BCUT2D eigenvalue weighted by molar-refractivity contribution is 8.00. The maximum Gasteiger partial charge on any atom is 0.301 e. The zero-order valence-electron chi connectivity index (χ0n) is 23.2. The van der Waals surface area contributed by atoms with Crippen LogP contribution >= 0.6 is 34.7 Å². The summed E-state index contributed by atoms with van der Waals surface area (Å²) in [6, 6.07) is 21.1. The number of aliphatic hydroxyl groups excluding tert-OH is 1. The normalized spacial score (nSPS) is 16.3. The first-order chi connectivity index (χ1) is 20.4. The summed E-state index contributed by atoms with van der Waals surface area (Å²) in [6.45, 7) is 4.63. The van der Waals surface area contributed by atoms with Gasteiger partial charge in [0.15, 0.2) is 4.34 Å². The highest BCUT2D eigenvalue weighted by atomic mass is 35.5. The van der Waals surface area contributed by atoms with Crippen LogP contribution in [0.3, 0.4) is 0 Å². The predicted molar refractivity (Wildman–Crippen MR) is 168 cm³/mol. The van der Waals surface area contributed by atoms with Gasteiger partial charge in [-0.2, -0.15) is 0 Å². The summed E-state index contributed by atoms with van der Waals surface area (Å²) in [6.07, 6.45) is 3.06. The Morgan fingerprint density at radius 2 is 1.83 bits per heavy atom. The predicted octanol–water partition coefficient (Wildman–Crippen LogP) is 7.99. The number of carbonyl (C=O) groups excluding carboxylic acids is 2. The summed E-state index contributed by atoms with van der Waals surface area (Å²) in [4.78, 5) is 28.4. The third kappa shape index (κ3) is 6.53. The molecule has 0 bridgehead atoms. The molecule has 1 saturated heterocycles. The molecule has 1 fully saturated rings. The number of aryl methyl sites for hydroxylation is 1. The van der Waals surface area contributed by atoms with Crippen LogP contribution in [0.2, 0.25) is 5.02 Å². The van der Waals surface area contributed by atoms with Crippen LogP contribution in [0.15, 0.2) is 82.7 Å². The number of Topliss-reactive ketones (excluding diaryl/α,β-unsaturated/α-hetero) is 1. The molecule has 0 spiro atoms. The van der Waals surface area contributed by atoms with E-state index >= 15 is 0 Å². The molecule has 5 rings (SSSR count). The second-order valence-electron chi connectivity index (χ2n) is 9.89. The summed E-state index contributed by atoms with van der Waals surface area (Å²) >= 11 is 8.96. The molecule has 1 aliphatic rings. The zero-order valence-corrected chi connectivity index (χ0v) is 25.6. The molecule has 10 heteroatoms. The Kier molecular flexibility index (Phi) is 9.62. The minimum absolute atomic E-state index is 0.00698. The van der Waals surface area contributed by atoms with Crippen molar-refractivity contribution in [3.63, 3.8) is 0 Å². The van der Waals surface area contributed by atoms with Crippen LogP contribution in [-0.4, -0.2) is 33.6 Å². The number of halogens is 1. The van der Waals surface area contributed by atoms with Gasteiger partial charge in [0, 0.05) is 16.3 Å². The van der Waals surface area contributed by atoms with Gasteiger partial charge in [0.25, 0.3) is 5.78 Å². The van der Waals surface area contributed by atoms with Gasteiger partial charge in [0.1, 0.15) is 11.5 Å². The summed E-state index contributed by atoms with van der Waals surface area (Å²) in [5.74, 6) is -0.609. The van der Waals surface area contributed by atoms with E-state index in [-0.39, 0.29) is 16.5 Å². The Hall–Kier alpha value is -3.66. The Labute approximate surface area is 258 Å². The van der Waals surface area contributed by atoms with Crippen molar-refractivity contribution in [3.05, 3.63) is 106 Å². The number of unbranched alkanes of at least 4 members (excludes halogenated alkanes) is 2. The van der Waals surface area contributed by atoms with Gasteiger partial charge >= 0.3 is 5.91 Å². The quantitative estimate of drug-likeness (QED) is 0.0454. The molecule has 3 aromatic carbocycles. The maximum absolute atomic E-state index is 13.6. The average molecular weight is 620 g/mol. The number of amides is 1. The van der Waals surface area contributed by atoms with E-state index in [0.29, 0.717) is 38.6 Å². The molecule has 216 valence electrons. The number of benzene rings is 3. The number of carbonyl (C=O) groups is 2. The molecule has 4 aromatic rings. The number of ketones is 1. The minimum atomic E-state index is -0.917. The fourth-order valence-corrected chi connectivity index (χ4v) is 6.80. The molecule has 7 nitrogen and oxygen atoms in total. The van der Waals surface area contributed by atoms with E-state index in [1.807, 2.05) is 67.6 Å². The number of rotatable bonds is 11. The summed E-state index contributed by atoms with van der Waals surface area (Å²) in [7, 11) is 0. The number of ether oxygens (including phenoxy) is 1. The molecule has 1 atom stereocenters. The highest BCUT2D eigenvalue weighted by Crippen LogP contribution is 2.44. The zero-order chi connectivity index (χ0) is 29.6. The first kappa shape index (κ1) is 29.8. The number of aliphatic hydroxyl groups is 1. The molecule has 1 aliphatic heterocycles. The van der Waals surface area contributed by atoms with Crippen LogP contribution in [-0.2, 0) is 15.3 Å². The fraction of sp³-hybridized carbons (Fsp3) is 0.250. The average Bonchev–Trinajstić information content (AvgIpc) is 3.57. The van der Waals surface area contributed by atoms with Crippen LogP contribution in [0.25, 0.3) is 5.76 Å². The van der Waals surface area contributed by atoms with Gasteiger partial charge in [-0.25, -0.2) is 0 Å². The van der Waals surface area contributed by atoms with E-state index in [4.69, 9.17) is 16.3 Å². The SMILES string of the molecule is CCCCCOc1cccc(C2C(=C(O)c3ccc(C)cc3)C(=O)C(=O)N2c2nnc(SCc3ccccc3Cl)s2)c1. The highest BCUT2D eigenvalue weighted by Gasteiger charge is 2.48. The van der Waals surface area contributed by atoms with Crippen LogP contribution in [0, 0.1) is 6.92 Å². The molecule has 1 unspecified atom stereocenters. The van der Waals surface area contributed by atoms with Gasteiger partial charge in [-0.1, -0.05) is 115 Å². The van der Waals surface area contributed by atoms with Crippen molar-refractivity contribution in [2.24, 2.45) is 0 Å². The van der Waals surface area contributed by atoms with Crippen LogP contribution < -0.4 is 9.64 Å². The molecular formula is C32H30ClN3O4S2. The van der Waals surface area contributed by atoms with Crippen molar-refractivity contribution in [3.8, 4) is 5.75 Å². The van der Waals surface area contributed by atoms with Gasteiger partial charge in [-0.3, -0.25) is 14.5 Å². The molecule has 42 heavy (non-hydrogen) atoms. The lowest BCUT2D eigenvalue weighted by molar-refractivity contribution is -0.132. The molecule has 0 aliphatic carbocycles. The first-order valence-corrected chi connectivity index (χ1v) is 15.9. The number of thioether (sulfide) groups is 1. The van der Waals surface area contributed by atoms with Gasteiger partial charge < -0.3 is 9.84 Å². The van der Waals surface area contributed by atoms with Crippen molar-refractivity contribution in [2.45, 2.75) is 49.2 Å².